The van der Waals surface area contributed by atoms with Gasteiger partial charge in [0.05, 0.1) is 28.0 Å². The maximum Gasteiger partial charge on any atom is 0.416 e. The molecule has 2 aromatic rings. The molecule has 19 heavy (non-hydrogen) atoms. The zero-order chi connectivity index (χ0) is 14.2. The lowest BCUT2D eigenvalue weighted by atomic mass is 10.1. The lowest BCUT2D eigenvalue weighted by Crippen LogP contribution is -2.07. The number of aryl methyl sites for hydroxylation is 1. The van der Waals surface area contributed by atoms with Gasteiger partial charge < -0.3 is 0 Å². The van der Waals surface area contributed by atoms with Crippen LogP contribution in [-0.2, 0) is 6.18 Å². The zero-order valence-corrected chi connectivity index (χ0v) is 11.8. The van der Waals surface area contributed by atoms with E-state index < -0.39 is 11.7 Å². The molecule has 7 heteroatoms. The smallest absolute Gasteiger partial charge is 0.220 e. The summed E-state index contributed by atoms with van der Waals surface area (Å²) in [6, 6.07) is 3.56. The van der Waals surface area contributed by atoms with E-state index in [9.17, 15) is 13.2 Å². The van der Waals surface area contributed by atoms with Gasteiger partial charge in [0.2, 0.25) is 0 Å². The number of alkyl halides is 4. The van der Waals surface area contributed by atoms with Crippen LogP contribution in [0.15, 0.2) is 24.4 Å². The van der Waals surface area contributed by atoms with Crippen LogP contribution < -0.4 is 0 Å². The van der Waals surface area contributed by atoms with Gasteiger partial charge in [0.1, 0.15) is 0 Å². The van der Waals surface area contributed by atoms with Crippen molar-refractivity contribution in [1.29, 1.82) is 0 Å². The highest BCUT2D eigenvalue weighted by molar-refractivity contribution is 9.09. The van der Waals surface area contributed by atoms with Gasteiger partial charge in [-0.2, -0.15) is 13.2 Å². The molecule has 0 saturated heterocycles. The Morgan fingerprint density at radius 2 is 2.00 bits per heavy atom. The standard InChI is InChI=1S/C12H11BrF3N3/c1-7-3-4-9(12(14,15)16)5-11(7)19-6-10(8(2)13)17-18-19/h3-6,8H,1-2H3. The molecule has 0 bridgehead atoms. The van der Waals surface area contributed by atoms with Crippen molar-refractivity contribution in [2.45, 2.75) is 24.9 Å². The predicted octanol–water partition coefficient (Wildman–Crippen LogP) is 4.05. The summed E-state index contributed by atoms with van der Waals surface area (Å²) in [6.45, 7) is 3.60. The first-order valence-corrected chi connectivity index (χ1v) is 6.45. The second-order valence-corrected chi connectivity index (χ2v) is 5.58. The van der Waals surface area contributed by atoms with E-state index in [1.165, 1.54) is 10.7 Å². The second-order valence-electron chi connectivity index (χ2n) is 4.20. The van der Waals surface area contributed by atoms with Gasteiger partial charge in [0, 0.05) is 0 Å². The maximum atomic E-state index is 12.7. The minimum atomic E-state index is -4.37. The van der Waals surface area contributed by atoms with Crippen LogP contribution in [0.3, 0.4) is 0 Å². The van der Waals surface area contributed by atoms with E-state index in [2.05, 4.69) is 26.2 Å². The average molecular weight is 334 g/mol. The molecule has 1 atom stereocenters. The van der Waals surface area contributed by atoms with E-state index in [1.807, 2.05) is 6.92 Å². The molecule has 0 fully saturated rings. The first kappa shape index (κ1) is 14.0. The van der Waals surface area contributed by atoms with Gasteiger partial charge >= 0.3 is 6.18 Å². The molecule has 102 valence electrons. The van der Waals surface area contributed by atoms with E-state index in [-0.39, 0.29) is 4.83 Å². The third kappa shape index (κ3) is 2.97. The second kappa shape index (κ2) is 4.96. The van der Waals surface area contributed by atoms with Crippen LogP contribution in [0.4, 0.5) is 13.2 Å². The Kier molecular flexibility index (Phi) is 3.66. The minimum Gasteiger partial charge on any atom is -0.220 e. The Hall–Kier alpha value is -1.37. The summed E-state index contributed by atoms with van der Waals surface area (Å²) in [4.78, 5) is -0.00708. The maximum absolute atomic E-state index is 12.7. The fraction of sp³-hybridized carbons (Fsp3) is 0.333. The summed E-state index contributed by atoms with van der Waals surface area (Å²) < 4.78 is 39.4. The van der Waals surface area contributed by atoms with E-state index in [0.717, 1.165) is 12.1 Å². The van der Waals surface area contributed by atoms with E-state index in [1.54, 1.807) is 13.1 Å². The fourth-order valence-corrected chi connectivity index (χ4v) is 1.82. The lowest BCUT2D eigenvalue weighted by Gasteiger charge is -2.10. The van der Waals surface area contributed by atoms with Crippen molar-refractivity contribution >= 4 is 15.9 Å². The predicted molar refractivity (Wildman–Crippen MR) is 68.4 cm³/mol. The van der Waals surface area contributed by atoms with Crippen LogP contribution in [0.25, 0.3) is 5.69 Å². The SMILES string of the molecule is Cc1ccc(C(F)(F)F)cc1-n1cc(C(C)Br)nn1. The summed E-state index contributed by atoms with van der Waals surface area (Å²) in [5.74, 6) is 0. The molecule has 2 rings (SSSR count). The molecule has 0 saturated carbocycles. The number of hydrogen-bond donors (Lipinski definition) is 0. The molecule has 0 aliphatic heterocycles. The van der Waals surface area contributed by atoms with E-state index in [4.69, 9.17) is 0 Å². The van der Waals surface area contributed by atoms with Gasteiger partial charge in [0.15, 0.2) is 0 Å². The van der Waals surface area contributed by atoms with Crippen molar-refractivity contribution in [1.82, 2.24) is 15.0 Å². The Bertz CT molecular complexity index is 590. The highest BCUT2D eigenvalue weighted by Gasteiger charge is 2.31. The van der Waals surface area contributed by atoms with Gasteiger partial charge in [-0.15, -0.1) is 5.10 Å². The molecular weight excluding hydrogens is 323 g/mol. The van der Waals surface area contributed by atoms with Gasteiger partial charge in [-0.3, -0.25) is 0 Å². The van der Waals surface area contributed by atoms with Gasteiger partial charge in [-0.1, -0.05) is 27.2 Å². The lowest BCUT2D eigenvalue weighted by molar-refractivity contribution is -0.137. The molecule has 1 aromatic heterocycles. The third-order valence-electron chi connectivity index (χ3n) is 2.70. The van der Waals surface area contributed by atoms with Crippen molar-refractivity contribution in [2.75, 3.05) is 0 Å². The monoisotopic (exact) mass is 333 g/mol. The fourth-order valence-electron chi connectivity index (χ4n) is 1.61. The summed E-state index contributed by atoms with van der Waals surface area (Å²) in [7, 11) is 0. The summed E-state index contributed by atoms with van der Waals surface area (Å²) in [5.41, 5.74) is 1.04. The number of hydrogen-bond acceptors (Lipinski definition) is 2. The van der Waals surface area contributed by atoms with Crippen LogP contribution in [0.5, 0.6) is 0 Å². The first-order chi connectivity index (χ1) is 8.79. The molecule has 0 spiro atoms. The van der Waals surface area contributed by atoms with Crippen molar-refractivity contribution in [3.63, 3.8) is 0 Å². The van der Waals surface area contributed by atoms with Gasteiger partial charge in [0.25, 0.3) is 0 Å². The normalized spacial score (nSPS) is 13.6. The van der Waals surface area contributed by atoms with E-state index >= 15 is 0 Å². The summed E-state index contributed by atoms with van der Waals surface area (Å²) in [5, 5.41) is 7.77. The number of aromatic nitrogens is 3. The molecule has 1 unspecified atom stereocenters. The quantitative estimate of drug-likeness (QED) is 0.776. The van der Waals surface area contributed by atoms with Gasteiger partial charge in [-0.05, 0) is 31.5 Å². The van der Waals surface area contributed by atoms with Crippen molar-refractivity contribution in [2.24, 2.45) is 0 Å². The molecule has 0 radical (unpaired) electrons. The minimum absolute atomic E-state index is 0.00708. The Labute approximate surface area is 116 Å². The molecule has 1 heterocycles. The van der Waals surface area contributed by atoms with Crippen LogP contribution in [0.1, 0.15) is 28.6 Å². The summed E-state index contributed by atoms with van der Waals surface area (Å²) >= 11 is 3.34. The number of nitrogens with zero attached hydrogens (tertiary/aromatic N) is 3. The Balaban J connectivity index is 2.48. The Morgan fingerprint density at radius 1 is 1.32 bits per heavy atom. The average Bonchev–Trinajstić information content (AvgIpc) is 2.77. The van der Waals surface area contributed by atoms with Crippen LogP contribution in [0.2, 0.25) is 0 Å². The van der Waals surface area contributed by atoms with Crippen LogP contribution >= 0.6 is 15.9 Å². The highest BCUT2D eigenvalue weighted by Crippen LogP contribution is 2.31. The molecule has 0 aliphatic rings. The highest BCUT2D eigenvalue weighted by atomic mass is 79.9. The number of halogens is 4. The topological polar surface area (TPSA) is 30.7 Å². The van der Waals surface area contributed by atoms with Crippen molar-refractivity contribution in [3.8, 4) is 5.69 Å². The third-order valence-corrected chi connectivity index (χ3v) is 3.17. The largest absolute Gasteiger partial charge is 0.416 e. The Morgan fingerprint density at radius 3 is 2.53 bits per heavy atom. The summed E-state index contributed by atoms with van der Waals surface area (Å²) in [6.07, 6.45) is -2.75. The molecule has 3 nitrogen and oxygen atoms in total. The molecular formula is C12H11BrF3N3. The molecule has 0 amide bonds. The van der Waals surface area contributed by atoms with Crippen molar-refractivity contribution in [3.05, 3.63) is 41.2 Å². The van der Waals surface area contributed by atoms with Crippen LogP contribution in [0, 0.1) is 6.92 Å². The molecule has 0 N–H and O–H groups in total. The molecule has 1 aromatic carbocycles. The first-order valence-electron chi connectivity index (χ1n) is 5.53. The van der Waals surface area contributed by atoms with Crippen molar-refractivity contribution < 1.29 is 13.2 Å². The van der Waals surface area contributed by atoms with Crippen LogP contribution in [-0.4, -0.2) is 15.0 Å². The number of rotatable bonds is 2. The van der Waals surface area contributed by atoms with Gasteiger partial charge in [-0.25, -0.2) is 4.68 Å². The van der Waals surface area contributed by atoms with E-state index in [0.29, 0.717) is 16.9 Å². The zero-order valence-electron chi connectivity index (χ0n) is 10.2. The number of benzene rings is 1. The molecule has 0 aliphatic carbocycles.